The van der Waals surface area contributed by atoms with Gasteiger partial charge in [0.05, 0.1) is 11.4 Å². The molecule has 300 valence electrons. The highest BCUT2D eigenvalue weighted by Crippen LogP contribution is 2.61. The van der Waals surface area contributed by atoms with Crippen molar-refractivity contribution in [1.29, 1.82) is 0 Å². The zero-order chi connectivity index (χ0) is 39.8. The number of nitrogens with zero attached hydrogens (tertiary/aromatic N) is 2. The van der Waals surface area contributed by atoms with E-state index in [0.29, 0.717) is 17.8 Å². The van der Waals surface area contributed by atoms with E-state index in [1.165, 1.54) is 132 Å². The largest absolute Gasteiger partial charge is 0.454 e. The lowest BCUT2D eigenvalue weighted by atomic mass is 9.51. The highest BCUT2D eigenvalue weighted by Gasteiger charge is 2.49. The lowest BCUT2D eigenvalue weighted by Crippen LogP contribution is -2.43. The van der Waals surface area contributed by atoms with E-state index < -0.39 is 0 Å². The minimum Gasteiger partial charge on any atom is -0.454 e. The van der Waals surface area contributed by atoms with Crippen LogP contribution in [0.25, 0.3) is 49.9 Å². The first-order valence-electron chi connectivity index (χ1n) is 23.6. The molecular weight excluding hydrogens is 741 g/mol. The van der Waals surface area contributed by atoms with Gasteiger partial charge in [0.25, 0.3) is 0 Å². The summed E-state index contributed by atoms with van der Waals surface area (Å²) >= 11 is 0. The van der Waals surface area contributed by atoms with Crippen molar-refractivity contribution < 1.29 is 4.42 Å². The summed E-state index contributed by atoms with van der Waals surface area (Å²) in [6, 6.07) is 44.3. The van der Waals surface area contributed by atoms with Gasteiger partial charge in [-0.05, 0) is 180 Å². The molecule has 8 aliphatic rings. The predicted molar refractivity (Wildman–Crippen MR) is 249 cm³/mol. The molecule has 3 nitrogen and oxygen atoms in total. The van der Waals surface area contributed by atoms with Crippen molar-refractivity contribution in [2.24, 2.45) is 35.5 Å². The molecule has 0 N–H and O–H groups in total. The summed E-state index contributed by atoms with van der Waals surface area (Å²) in [7, 11) is 0. The molecule has 2 atom stereocenters. The molecule has 6 bridgehead atoms. The third-order valence-corrected chi connectivity index (χ3v) is 17.0. The number of hydrogen-bond acceptors (Lipinski definition) is 3. The monoisotopic (exact) mass is 792 g/mol. The maximum Gasteiger partial charge on any atom is 0.159 e. The Morgan fingerprint density at radius 3 is 2.21 bits per heavy atom. The van der Waals surface area contributed by atoms with Gasteiger partial charge in [0, 0.05) is 45.2 Å². The molecule has 0 aliphatic heterocycles. The molecule has 61 heavy (non-hydrogen) atoms. The van der Waals surface area contributed by atoms with Gasteiger partial charge in [0.15, 0.2) is 5.58 Å². The van der Waals surface area contributed by atoms with Crippen molar-refractivity contribution in [2.45, 2.75) is 82.0 Å². The number of benzene rings is 5. The van der Waals surface area contributed by atoms with Crippen LogP contribution in [-0.4, -0.2) is 4.98 Å². The Morgan fingerprint density at radius 2 is 1.44 bits per heavy atom. The summed E-state index contributed by atoms with van der Waals surface area (Å²) in [6.07, 6.45) is 23.9. The summed E-state index contributed by atoms with van der Waals surface area (Å²) in [4.78, 5) is 7.41. The van der Waals surface area contributed by atoms with Crippen LogP contribution in [0.5, 0.6) is 0 Å². The molecule has 0 amide bonds. The zero-order valence-electron chi connectivity index (χ0n) is 34.9. The minimum absolute atomic E-state index is 0.00988. The number of hydrogen-bond donors (Lipinski definition) is 0. The number of para-hydroxylation sites is 1. The SMILES string of the molecule is C1=CC2CC1C=C2c1ccc2oc3c(N(c4ccc(C5C6CC7CC(C6)CC5C7)cc4)c4ccc5c(c4)C4(CCCCC4)c4cccc(-c6ccccn6)c4-5)cccc3c2c1. The van der Waals surface area contributed by atoms with Crippen molar-refractivity contribution in [3.8, 4) is 22.4 Å². The Hall–Kier alpha value is -5.67. The molecule has 7 aromatic rings. The Labute approximate surface area is 359 Å². The lowest BCUT2D eigenvalue weighted by molar-refractivity contribution is -0.00277. The molecule has 5 saturated carbocycles. The highest BCUT2D eigenvalue weighted by molar-refractivity contribution is 6.11. The van der Waals surface area contributed by atoms with Gasteiger partial charge >= 0.3 is 0 Å². The van der Waals surface area contributed by atoms with Crippen molar-refractivity contribution in [1.82, 2.24) is 4.98 Å². The smallest absolute Gasteiger partial charge is 0.159 e. The number of furan rings is 1. The third-order valence-electron chi connectivity index (χ3n) is 17.0. The maximum atomic E-state index is 7.01. The minimum atomic E-state index is -0.00988. The second-order valence-electron chi connectivity index (χ2n) is 20.2. The van der Waals surface area contributed by atoms with E-state index >= 15 is 0 Å². The van der Waals surface area contributed by atoms with Crippen LogP contribution >= 0.6 is 0 Å². The highest BCUT2D eigenvalue weighted by atomic mass is 16.3. The van der Waals surface area contributed by atoms with Crippen LogP contribution in [-0.2, 0) is 5.41 Å². The Kier molecular flexibility index (Phi) is 7.55. The fraction of sp³-hybridized carbons (Fsp3) is 0.328. The molecule has 1 spiro atoms. The number of pyridine rings is 1. The van der Waals surface area contributed by atoms with E-state index in [1.54, 1.807) is 5.56 Å². The molecule has 3 heteroatoms. The summed E-state index contributed by atoms with van der Waals surface area (Å²) < 4.78 is 7.01. The van der Waals surface area contributed by atoms with E-state index in [9.17, 15) is 0 Å². The summed E-state index contributed by atoms with van der Waals surface area (Å²) in [5.41, 5.74) is 17.8. The van der Waals surface area contributed by atoms with Crippen molar-refractivity contribution >= 4 is 44.6 Å². The van der Waals surface area contributed by atoms with Gasteiger partial charge in [-0.2, -0.15) is 0 Å². The molecule has 2 unspecified atom stereocenters. The zero-order valence-corrected chi connectivity index (χ0v) is 34.9. The maximum absolute atomic E-state index is 7.01. The van der Waals surface area contributed by atoms with Crippen molar-refractivity contribution in [3.63, 3.8) is 0 Å². The van der Waals surface area contributed by atoms with Gasteiger partial charge in [-0.15, -0.1) is 0 Å². The molecule has 0 saturated heterocycles. The lowest BCUT2D eigenvalue weighted by Gasteiger charge is -2.54. The summed E-state index contributed by atoms with van der Waals surface area (Å²) in [6.45, 7) is 0. The summed E-state index contributed by atoms with van der Waals surface area (Å²) in [5.74, 6) is 5.51. The molecule has 2 aromatic heterocycles. The summed E-state index contributed by atoms with van der Waals surface area (Å²) in [5, 5.41) is 2.38. The quantitative estimate of drug-likeness (QED) is 0.157. The first-order valence-corrected chi connectivity index (χ1v) is 23.6. The number of rotatable bonds is 6. The molecular formula is C58H52N2O. The predicted octanol–water partition coefficient (Wildman–Crippen LogP) is 15.5. The van der Waals surface area contributed by atoms with Crippen molar-refractivity contribution in [2.75, 3.05) is 4.90 Å². The normalized spacial score (nSPS) is 27.3. The molecule has 8 aliphatic carbocycles. The Bertz CT molecular complexity index is 2930. The first kappa shape index (κ1) is 35.0. The topological polar surface area (TPSA) is 29.3 Å². The third kappa shape index (κ3) is 5.19. The van der Waals surface area contributed by atoms with Gasteiger partial charge in [-0.3, -0.25) is 4.98 Å². The Balaban J connectivity index is 0.939. The van der Waals surface area contributed by atoms with E-state index in [0.717, 1.165) is 46.2 Å². The van der Waals surface area contributed by atoms with Crippen LogP contribution in [0.3, 0.4) is 0 Å². The van der Waals surface area contributed by atoms with Crippen molar-refractivity contribution in [3.05, 3.63) is 162 Å². The van der Waals surface area contributed by atoms with E-state index in [4.69, 9.17) is 9.40 Å². The average molecular weight is 793 g/mol. The van der Waals surface area contributed by atoms with E-state index in [-0.39, 0.29) is 5.41 Å². The van der Waals surface area contributed by atoms with Gasteiger partial charge in [0.1, 0.15) is 5.58 Å². The fourth-order valence-corrected chi connectivity index (χ4v) is 14.7. The van der Waals surface area contributed by atoms with Crippen LogP contribution in [0.4, 0.5) is 17.1 Å². The van der Waals surface area contributed by atoms with Gasteiger partial charge in [-0.1, -0.05) is 98.2 Å². The van der Waals surface area contributed by atoms with Crippen LogP contribution in [0.1, 0.15) is 98.8 Å². The average Bonchev–Trinajstić information content (AvgIpc) is 4.09. The molecule has 5 aromatic carbocycles. The van der Waals surface area contributed by atoms with Crippen LogP contribution in [0.15, 0.2) is 144 Å². The fourth-order valence-electron chi connectivity index (χ4n) is 14.7. The second-order valence-corrected chi connectivity index (χ2v) is 20.2. The Morgan fingerprint density at radius 1 is 0.623 bits per heavy atom. The first-order chi connectivity index (χ1) is 30.1. The van der Waals surface area contributed by atoms with E-state index in [2.05, 4.69) is 132 Å². The van der Waals surface area contributed by atoms with Gasteiger partial charge < -0.3 is 9.32 Å². The number of anilines is 3. The standard InChI is InChI=1S/C58H52N2O/c1-3-23-58(24-4-1)50-10-6-9-47(52-11-2-5-25-59-52)56(50)46-21-20-44(34-51(46)58)60(43-18-15-38(16-19-43)55-41-28-36-26-37(30-41)31-42(55)29-36)53-12-7-8-45-49-33-40(17-22-54(49)61-57(45)53)48-32-35-13-14-39(48)27-35/h2,5-22,25,32-37,39,41-42,55H,1,3-4,23-24,26-31H2. The number of allylic oxidation sites excluding steroid dienone is 4. The van der Waals surface area contributed by atoms with E-state index in [1.807, 2.05) is 12.3 Å². The molecule has 5 fully saturated rings. The van der Waals surface area contributed by atoms with Crippen LogP contribution in [0.2, 0.25) is 0 Å². The van der Waals surface area contributed by atoms with Crippen LogP contribution < -0.4 is 4.90 Å². The number of aromatic nitrogens is 1. The van der Waals surface area contributed by atoms with Gasteiger partial charge in [0.2, 0.25) is 0 Å². The molecule has 0 radical (unpaired) electrons. The van der Waals surface area contributed by atoms with Crippen LogP contribution in [0, 0.1) is 35.5 Å². The molecule has 2 heterocycles. The van der Waals surface area contributed by atoms with Gasteiger partial charge in [-0.25, -0.2) is 0 Å². The number of fused-ring (bicyclic) bond motifs is 10. The second kappa shape index (κ2) is 13.2. The molecule has 15 rings (SSSR count).